The summed E-state index contributed by atoms with van der Waals surface area (Å²) in [5.74, 6) is 0.278. The number of hydrogen-bond acceptors (Lipinski definition) is 1. The predicted octanol–water partition coefficient (Wildman–Crippen LogP) is 3.51. The van der Waals surface area contributed by atoms with Gasteiger partial charge in [0.2, 0.25) is 0 Å². The number of benzene rings is 1. The first-order chi connectivity index (χ1) is 8.09. The Morgan fingerprint density at radius 3 is 2.24 bits per heavy atom. The lowest BCUT2D eigenvalue weighted by Crippen LogP contribution is -2.19. The fourth-order valence-electron chi connectivity index (χ4n) is 1.08. The first kappa shape index (κ1) is 16.3. The molecule has 1 unspecified atom stereocenters. The fraction of sp³-hybridized carbons (Fsp3) is 0.538. The highest BCUT2D eigenvalue weighted by Gasteiger charge is 2.03. The molecule has 98 valence electrons. The first-order valence-electron chi connectivity index (χ1n) is 6.00. The molecule has 17 heavy (non-hydrogen) atoms. The second-order valence-electron chi connectivity index (χ2n) is 3.80. The normalized spacial score (nSPS) is 11.9. The van der Waals surface area contributed by atoms with Crippen LogP contribution >= 0.6 is 0 Å². The van der Waals surface area contributed by atoms with Crippen LogP contribution in [-0.4, -0.2) is 10.8 Å². The Bertz CT molecular complexity index is 325. The van der Waals surface area contributed by atoms with Gasteiger partial charge >= 0.3 is 0 Å². The molecule has 0 saturated carbocycles. The molecule has 0 heterocycles. The van der Waals surface area contributed by atoms with E-state index in [9.17, 15) is 8.60 Å². The van der Waals surface area contributed by atoms with Crippen LogP contribution in [0, 0.1) is 11.7 Å². The second-order valence-corrected chi connectivity index (χ2v) is 5.10. The number of rotatable bonds is 5. The zero-order valence-electron chi connectivity index (χ0n) is 11.0. The molecule has 0 bridgehead atoms. The molecule has 0 aliphatic carbocycles. The molecule has 1 rings (SSSR count). The van der Waals surface area contributed by atoms with Gasteiger partial charge in [0.25, 0.3) is 0 Å². The van der Waals surface area contributed by atoms with Gasteiger partial charge in [0, 0.05) is 6.54 Å². The predicted molar refractivity (Wildman–Crippen MR) is 71.6 cm³/mol. The molecule has 0 aromatic heterocycles. The van der Waals surface area contributed by atoms with Crippen LogP contribution in [0.15, 0.2) is 29.2 Å². The van der Waals surface area contributed by atoms with Crippen molar-refractivity contribution in [3.05, 3.63) is 30.1 Å². The Kier molecular flexibility index (Phi) is 8.90. The lowest BCUT2D eigenvalue weighted by molar-refractivity contribution is 0.578. The topological polar surface area (TPSA) is 29.1 Å². The quantitative estimate of drug-likeness (QED) is 0.861. The number of nitrogens with one attached hydrogen (secondary N) is 1. The lowest BCUT2D eigenvalue weighted by atomic mass is 10.1. The van der Waals surface area contributed by atoms with Crippen molar-refractivity contribution in [2.75, 3.05) is 6.54 Å². The molecule has 0 aliphatic heterocycles. The highest BCUT2D eigenvalue weighted by Crippen LogP contribution is 2.06. The Morgan fingerprint density at radius 2 is 1.76 bits per heavy atom. The highest BCUT2D eigenvalue weighted by molar-refractivity contribution is 7.83. The van der Waals surface area contributed by atoms with E-state index in [0.717, 1.165) is 6.42 Å². The molecule has 0 aliphatic rings. The summed E-state index contributed by atoms with van der Waals surface area (Å²) in [6.45, 7) is 8.94. The molecule has 2 nitrogen and oxygen atoms in total. The van der Waals surface area contributed by atoms with Gasteiger partial charge in [-0.1, -0.05) is 27.7 Å². The van der Waals surface area contributed by atoms with E-state index < -0.39 is 11.0 Å². The van der Waals surface area contributed by atoms with Crippen molar-refractivity contribution in [3.8, 4) is 0 Å². The molecule has 1 aromatic carbocycles. The van der Waals surface area contributed by atoms with Crippen molar-refractivity contribution in [3.63, 3.8) is 0 Å². The summed E-state index contributed by atoms with van der Waals surface area (Å²) in [7, 11) is -1.22. The molecular formula is C13H22FNOS. The maximum absolute atomic E-state index is 12.6. The van der Waals surface area contributed by atoms with Crippen molar-refractivity contribution in [2.24, 2.45) is 5.92 Å². The zero-order chi connectivity index (χ0) is 13.3. The number of hydrogen-bond donors (Lipinski definition) is 1. The summed E-state index contributed by atoms with van der Waals surface area (Å²) >= 11 is 0. The molecule has 4 heteroatoms. The SMILES string of the molecule is CC.CC(C)CCNS(=O)c1ccc(F)cc1. The van der Waals surface area contributed by atoms with E-state index in [2.05, 4.69) is 18.6 Å². The van der Waals surface area contributed by atoms with Gasteiger partial charge in [-0.15, -0.1) is 0 Å². The van der Waals surface area contributed by atoms with E-state index in [1.165, 1.54) is 24.3 Å². The maximum Gasteiger partial charge on any atom is 0.124 e. The maximum atomic E-state index is 12.6. The van der Waals surface area contributed by atoms with Crippen LogP contribution in [0.2, 0.25) is 0 Å². The average molecular weight is 259 g/mol. The average Bonchev–Trinajstić information content (AvgIpc) is 2.32. The molecule has 0 fully saturated rings. The zero-order valence-corrected chi connectivity index (χ0v) is 11.8. The van der Waals surface area contributed by atoms with E-state index in [1.54, 1.807) is 0 Å². The van der Waals surface area contributed by atoms with Crippen molar-refractivity contribution in [1.29, 1.82) is 0 Å². The van der Waals surface area contributed by atoms with Crippen LogP contribution in [0.5, 0.6) is 0 Å². The Morgan fingerprint density at radius 1 is 1.24 bits per heavy atom. The summed E-state index contributed by atoms with van der Waals surface area (Å²) in [4.78, 5) is 0.611. The van der Waals surface area contributed by atoms with E-state index >= 15 is 0 Å². The van der Waals surface area contributed by atoms with E-state index in [0.29, 0.717) is 17.4 Å². The van der Waals surface area contributed by atoms with Gasteiger partial charge in [0.05, 0.1) is 4.90 Å². The summed E-state index contributed by atoms with van der Waals surface area (Å²) < 4.78 is 27.1. The van der Waals surface area contributed by atoms with Crippen molar-refractivity contribution < 1.29 is 8.60 Å². The van der Waals surface area contributed by atoms with E-state index in [1.807, 2.05) is 13.8 Å². The van der Waals surface area contributed by atoms with Crippen LogP contribution in [0.25, 0.3) is 0 Å². The number of halogens is 1. The minimum Gasteiger partial charge on any atom is -0.238 e. The van der Waals surface area contributed by atoms with Gasteiger partial charge < -0.3 is 0 Å². The van der Waals surface area contributed by atoms with Gasteiger partial charge in [0.15, 0.2) is 0 Å². The second kappa shape index (κ2) is 9.31. The molecule has 0 amide bonds. The third-order valence-corrected chi connectivity index (χ3v) is 3.15. The molecule has 0 spiro atoms. The van der Waals surface area contributed by atoms with Crippen LogP contribution in [0.1, 0.15) is 34.1 Å². The Balaban J connectivity index is 0.00000121. The largest absolute Gasteiger partial charge is 0.238 e. The molecule has 1 N–H and O–H groups in total. The van der Waals surface area contributed by atoms with E-state index in [4.69, 9.17) is 0 Å². The van der Waals surface area contributed by atoms with E-state index in [-0.39, 0.29) is 5.82 Å². The third kappa shape index (κ3) is 7.23. The van der Waals surface area contributed by atoms with Crippen LogP contribution in [-0.2, 0) is 11.0 Å². The monoisotopic (exact) mass is 259 g/mol. The molecule has 0 radical (unpaired) electrons. The van der Waals surface area contributed by atoms with Crippen molar-refractivity contribution >= 4 is 11.0 Å². The first-order valence-corrected chi connectivity index (χ1v) is 7.15. The minimum atomic E-state index is -1.22. The van der Waals surface area contributed by atoms with Crippen molar-refractivity contribution in [1.82, 2.24) is 4.72 Å². The van der Waals surface area contributed by atoms with Gasteiger partial charge in [0.1, 0.15) is 16.8 Å². The Labute approximate surface area is 106 Å². The Hall–Kier alpha value is -0.740. The van der Waals surface area contributed by atoms with Crippen LogP contribution in [0.3, 0.4) is 0 Å². The summed E-state index contributed by atoms with van der Waals surface area (Å²) in [5, 5.41) is 0. The summed E-state index contributed by atoms with van der Waals surface area (Å²) in [6.07, 6.45) is 0.979. The lowest BCUT2D eigenvalue weighted by Gasteiger charge is -2.06. The highest BCUT2D eigenvalue weighted by atomic mass is 32.2. The molecule has 1 aromatic rings. The van der Waals surface area contributed by atoms with Gasteiger partial charge in [-0.05, 0) is 36.6 Å². The standard InChI is InChI=1S/C11H16FNOS.C2H6/c1-9(2)7-8-13-15(14)11-5-3-10(12)4-6-11;1-2/h3-6,9,13H,7-8H2,1-2H3;1-2H3. The van der Waals surface area contributed by atoms with Gasteiger partial charge in [-0.25, -0.2) is 13.3 Å². The van der Waals surface area contributed by atoms with Crippen molar-refractivity contribution in [2.45, 2.75) is 39.0 Å². The van der Waals surface area contributed by atoms with Gasteiger partial charge in [-0.2, -0.15) is 0 Å². The van der Waals surface area contributed by atoms with Gasteiger partial charge in [-0.3, -0.25) is 0 Å². The summed E-state index contributed by atoms with van der Waals surface area (Å²) in [5.41, 5.74) is 0. The molecular weight excluding hydrogens is 237 g/mol. The smallest absolute Gasteiger partial charge is 0.124 e. The third-order valence-electron chi connectivity index (χ3n) is 1.98. The fourth-order valence-corrected chi connectivity index (χ4v) is 1.94. The minimum absolute atomic E-state index is 0.307. The molecule has 1 atom stereocenters. The van der Waals surface area contributed by atoms with Crippen LogP contribution in [0.4, 0.5) is 4.39 Å². The summed E-state index contributed by atoms with van der Waals surface area (Å²) in [6, 6.07) is 5.70. The molecule has 0 saturated heterocycles. The van der Waals surface area contributed by atoms with Crippen LogP contribution < -0.4 is 4.72 Å².